The summed E-state index contributed by atoms with van der Waals surface area (Å²) < 4.78 is 74.7. The van der Waals surface area contributed by atoms with Gasteiger partial charge in [0.25, 0.3) is 0 Å². The summed E-state index contributed by atoms with van der Waals surface area (Å²) in [5, 5.41) is 0. The van der Waals surface area contributed by atoms with Crippen LogP contribution in [-0.4, -0.2) is 38.4 Å². The molecule has 0 unspecified atom stereocenters. The van der Waals surface area contributed by atoms with Crippen LogP contribution in [0.15, 0.2) is 24.3 Å². The van der Waals surface area contributed by atoms with Crippen molar-refractivity contribution >= 4 is 15.9 Å². The number of nitrogens with two attached hydrogens (primary N) is 1. The standard InChI is InChI=1S/C12H14F4N2O3S/c13-4-5-18(7-11(17)19)22(20,21)8-9-2-1-3-10(6-9)12(14,15)16/h1-3,6H,4-5,7-8H2,(H2,17,19). The van der Waals surface area contributed by atoms with E-state index in [2.05, 4.69) is 0 Å². The highest BCUT2D eigenvalue weighted by molar-refractivity contribution is 7.88. The van der Waals surface area contributed by atoms with Crippen LogP contribution in [0.1, 0.15) is 11.1 Å². The zero-order valence-electron chi connectivity index (χ0n) is 11.3. The molecule has 0 atom stereocenters. The molecule has 0 bridgehead atoms. The molecule has 1 aromatic carbocycles. The third-order valence-corrected chi connectivity index (χ3v) is 4.46. The van der Waals surface area contributed by atoms with Crippen LogP contribution in [0.2, 0.25) is 0 Å². The molecule has 124 valence electrons. The van der Waals surface area contributed by atoms with E-state index in [0.717, 1.165) is 12.1 Å². The molecule has 0 spiro atoms. The number of sulfonamides is 1. The van der Waals surface area contributed by atoms with Gasteiger partial charge >= 0.3 is 6.18 Å². The van der Waals surface area contributed by atoms with Gasteiger partial charge in [-0.3, -0.25) is 4.79 Å². The molecule has 1 rings (SSSR count). The minimum atomic E-state index is -4.61. The van der Waals surface area contributed by atoms with Crippen LogP contribution >= 0.6 is 0 Å². The van der Waals surface area contributed by atoms with Gasteiger partial charge in [0.05, 0.1) is 17.9 Å². The van der Waals surface area contributed by atoms with Crippen LogP contribution in [0.4, 0.5) is 17.6 Å². The Morgan fingerprint density at radius 2 is 1.91 bits per heavy atom. The molecule has 10 heteroatoms. The van der Waals surface area contributed by atoms with Gasteiger partial charge in [-0.15, -0.1) is 0 Å². The second-order valence-corrected chi connectivity index (χ2v) is 6.41. The van der Waals surface area contributed by atoms with Crippen molar-refractivity contribution in [1.82, 2.24) is 4.31 Å². The summed E-state index contributed by atoms with van der Waals surface area (Å²) in [6.07, 6.45) is -4.61. The van der Waals surface area contributed by atoms with Crippen molar-refractivity contribution in [3.05, 3.63) is 35.4 Å². The molecule has 0 radical (unpaired) electrons. The molecule has 22 heavy (non-hydrogen) atoms. The van der Waals surface area contributed by atoms with E-state index in [0.29, 0.717) is 10.4 Å². The first kappa shape index (κ1) is 18.4. The lowest BCUT2D eigenvalue weighted by atomic mass is 10.1. The highest BCUT2D eigenvalue weighted by Gasteiger charge is 2.31. The van der Waals surface area contributed by atoms with E-state index in [-0.39, 0.29) is 5.56 Å². The fourth-order valence-corrected chi connectivity index (χ4v) is 3.18. The highest BCUT2D eigenvalue weighted by Crippen LogP contribution is 2.30. The first-order valence-electron chi connectivity index (χ1n) is 6.04. The van der Waals surface area contributed by atoms with Crippen molar-refractivity contribution in [3.63, 3.8) is 0 Å². The van der Waals surface area contributed by atoms with Gasteiger partial charge in [-0.2, -0.15) is 17.5 Å². The minimum Gasteiger partial charge on any atom is -0.369 e. The summed E-state index contributed by atoms with van der Waals surface area (Å²) >= 11 is 0. The quantitative estimate of drug-likeness (QED) is 0.758. The number of primary amides is 1. The summed E-state index contributed by atoms with van der Waals surface area (Å²) in [6.45, 7) is -2.37. The van der Waals surface area contributed by atoms with Crippen LogP contribution in [0.25, 0.3) is 0 Å². The average molecular weight is 342 g/mol. The largest absolute Gasteiger partial charge is 0.416 e. The Balaban J connectivity index is 3.02. The lowest BCUT2D eigenvalue weighted by molar-refractivity contribution is -0.137. The van der Waals surface area contributed by atoms with Gasteiger partial charge in [-0.25, -0.2) is 12.8 Å². The van der Waals surface area contributed by atoms with Gasteiger partial charge in [0.2, 0.25) is 15.9 Å². The van der Waals surface area contributed by atoms with E-state index in [1.807, 2.05) is 0 Å². The topological polar surface area (TPSA) is 80.5 Å². The van der Waals surface area contributed by atoms with Crippen molar-refractivity contribution in [2.75, 3.05) is 19.8 Å². The summed E-state index contributed by atoms with van der Waals surface area (Å²) in [4.78, 5) is 10.8. The lowest BCUT2D eigenvalue weighted by Gasteiger charge is -2.19. The van der Waals surface area contributed by atoms with E-state index in [1.54, 1.807) is 0 Å². The molecular formula is C12H14F4N2O3S. The van der Waals surface area contributed by atoms with Crippen molar-refractivity contribution in [2.45, 2.75) is 11.9 Å². The number of carbonyl (C=O) groups is 1. The van der Waals surface area contributed by atoms with Crippen LogP contribution in [0.5, 0.6) is 0 Å². The molecule has 0 heterocycles. The molecular weight excluding hydrogens is 328 g/mol. The van der Waals surface area contributed by atoms with Gasteiger partial charge in [-0.1, -0.05) is 18.2 Å². The van der Waals surface area contributed by atoms with Gasteiger partial charge in [0.15, 0.2) is 0 Å². The van der Waals surface area contributed by atoms with Gasteiger partial charge in [-0.05, 0) is 11.6 Å². The number of carbonyl (C=O) groups excluding carboxylic acids is 1. The first-order chi connectivity index (χ1) is 10.1. The fourth-order valence-electron chi connectivity index (χ4n) is 1.72. The van der Waals surface area contributed by atoms with Crippen LogP contribution in [0, 0.1) is 0 Å². The molecule has 0 fully saturated rings. The fraction of sp³-hybridized carbons (Fsp3) is 0.417. The Hall–Kier alpha value is -1.68. The summed E-state index contributed by atoms with van der Waals surface area (Å²) in [7, 11) is -4.17. The normalized spacial score (nSPS) is 12.6. The number of hydrogen-bond acceptors (Lipinski definition) is 3. The molecule has 0 aliphatic carbocycles. The monoisotopic (exact) mass is 342 g/mol. The predicted octanol–water partition coefficient (Wildman–Crippen LogP) is 1.29. The Morgan fingerprint density at radius 3 is 2.41 bits per heavy atom. The van der Waals surface area contributed by atoms with E-state index >= 15 is 0 Å². The summed E-state index contributed by atoms with van der Waals surface area (Å²) in [5.74, 6) is -1.77. The Labute approximate surface area is 124 Å². The van der Waals surface area contributed by atoms with E-state index in [9.17, 15) is 30.8 Å². The SMILES string of the molecule is NC(=O)CN(CCF)S(=O)(=O)Cc1cccc(C(F)(F)F)c1. The number of hydrogen-bond donors (Lipinski definition) is 1. The number of benzene rings is 1. The summed E-state index contributed by atoms with van der Waals surface area (Å²) in [6, 6.07) is 3.76. The maximum Gasteiger partial charge on any atom is 0.416 e. The number of halogens is 4. The smallest absolute Gasteiger partial charge is 0.369 e. The van der Waals surface area contributed by atoms with Crippen molar-refractivity contribution in [3.8, 4) is 0 Å². The van der Waals surface area contributed by atoms with E-state index in [1.165, 1.54) is 6.07 Å². The van der Waals surface area contributed by atoms with Crippen LogP contribution in [-0.2, 0) is 26.7 Å². The Bertz CT molecular complexity index is 632. The molecule has 0 aromatic heterocycles. The van der Waals surface area contributed by atoms with E-state index < -0.39 is 53.2 Å². The zero-order chi connectivity index (χ0) is 17.0. The molecule has 0 saturated carbocycles. The molecule has 5 nitrogen and oxygen atoms in total. The third kappa shape index (κ3) is 5.26. The average Bonchev–Trinajstić information content (AvgIpc) is 2.36. The summed E-state index contributed by atoms with van der Waals surface area (Å²) in [5.41, 5.74) is 3.76. The Kier molecular flexibility index (Phi) is 5.89. The maximum atomic E-state index is 12.6. The van der Waals surface area contributed by atoms with Crippen molar-refractivity contribution in [2.24, 2.45) is 5.73 Å². The second kappa shape index (κ2) is 7.05. The zero-order valence-corrected chi connectivity index (χ0v) is 12.1. The third-order valence-electron chi connectivity index (χ3n) is 2.66. The van der Waals surface area contributed by atoms with Crippen molar-refractivity contribution in [1.29, 1.82) is 0 Å². The molecule has 0 saturated heterocycles. The molecule has 2 N–H and O–H groups in total. The molecule has 1 aromatic rings. The molecule has 0 aliphatic heterocycles. The minimum absolute atomic E-state index is 0.122. The highest BCUT2D eigenvalue weighted by atomic mass is 32.2. The number of rotatable bonds is 7. The first-order valence-corrected chi connectivity index (χ1v) is 7.65. The Morgan fingerprint density at radius 1 is 1.27 bits per heavy atom. The predicted molar refractivity (Wildman–Crippen MR) is 70.8 cm³/mol. The molecule has 1 amide bonds. The number of nitrogens with zero attached hydrogens (tertiary/aromatic N) is 1. The van der Waals surface area contributed by atoms with Gasteiger partial charge < -0.3 is 5.73 Å². The van der Waals surface area contributed by atoms with E-state index in [4.69, 9.17) is 5.73 Å². The van der Waals surface area contributed by atoms with Gasteiger partial charge in [0, 0.05) is 6.54 Å². The number of alkyl halides is 4. The van der Waals surface area contributed by atoms with Crippen LogP contribution < -0.4 is 5.73 Å². The lowest BCUT2D eigenvalue weighted by Crippen LogP contribution is -2.40. The molecule has 0 aliphatic rings. The number of amides is 1. The van der Waals surface area contributed by atoms with Crippen LogP contribution in [0.3, 0.4) is 0 Å². The second-order valence-electron chi connectivity index (χ2n) is 4.44. The van der Waals surface area contributed by atoms with Crippen molar-refractivity contribution < 1.29 is 30.8 Å². The maximum absolute atomic E-state index is 12.6. The van der Waals surface area contributed by atoms with Gasteiger partial charge in [0.1, 0.15) is 6.67 Å².